The van der Waals surface area contributed by atoms with Gasteiger partial charge in [0.05, 0.1) is 0 Å². The van der Waals surface area contributed by atoms with E-state index in [-0.39, 0.29) is 83.9 Å². The second-order valence-electron chi connectivity index (χ2n) is 0.563. The first kappa shape index (κ1) is 16.4. The molecule has 1 N–H and O–H groups in total. The Labute approximate surface area is 109 Å². The van der Waals surface area contributed by atoms with Crippen molar-refractivity contribution in [3.05, 3.63) is 6.33 Å². The Morgan fingerprint density at radius 1 is 1.38 bits per heavy atom. The monoisotopic (exact) mass is 449 g/mol. The SMILES string of the molecule is [Nb].[Ni].[RaH2].c1nnn[nH]1. The fourth-order valence-corrected chi connectivity index (χ4v) is 0.129. The number of H-pyrrole nitrogens is 1. The van der Waals surface area contributed by atoms with Crippen LogP contribution in [0.2, 0.25) is 0 Å². The van der Waals surface area contributed by atoms with Crippen LogP contribution in [0.25, 0.3) is 0 Å². The smallest absolute Gasteiger partial charge is 0.135 e. The van der Waals surface area contributed by atoms with Gasteiger partial charge < -0.3 is 0 Å². The average Bonchev–Trinajstić information content (AvgIpc) is 1.76. The molecule has 0 saturated carbocycles. The molecule has 1 rings (SSSR count). The van der Waals surface area contributed by atoms with Gasteiger partial charge in [-0.25, -0.2) is 5.10 Å². The Hall–Kier alpha value is 1.77. The summed E-state index contributed by atoms with van der Waals surface area (Å²) in [4.78, 5) is 0. The molecule has 0 atom stereocenters. The largest absolute Gasteiger partial charge is 0.246 e. The molecule has 0 spiro atoms. The number of aromatic nitrogens is 4. The summed E-state index contributed by atoms with van der Waals surface area (Å²) in [5.41, 5.74) is 0. The zero-order valence-electron chi connectivity index (χ0n) is 3.18. The number of rotatable bonds is 0. The minimum Gasteiger partial charge on any atom is -0.246 e. The summed E-state index contributed by atoms with van der Waals surface area (Å²) >= 11 is 0. The zero-order valence-corrected chi connectivity index (χ0v) is 6.37. The summed E-state index contributed by atoms with van der Waals surface area (Å²) in [6.45, 7) is 0. The maximum absolute atomic E-state index is 3.31. The molecule has 1 aromatic heterocycles. The summed E-state index contributed by atoms with van der Waals surface area (Å²) < 4.78 is 0. The third kappa shape index (κ3) is 7.77. The van der Waals surface area contributed by atoms with Gasteiger partial charge in [-0.15, -0.1) is 5.10 Å². The van der Waals surface area contributed by atoms with Gasteiger partial charge in [-0.1, -0.05) is 0 Å². The van der Waals surface area contributed by atoms with Crippen molar-refractivity contribution in [2.75, 3.05) is 0 Å². The molecule has 7 heteroatoms. The van der Waals surface area contributed by atoms with Crippen LogP contribution in [-0.4, -0.2) is 20.6 Å². The van der Waals surface area contributed by atoms with Crippen LogP contribution in [-0.2, 0) is 38.9 Å². The Morgan fingerprint density at radius 2 is 2.00 bits per heavy atom. The summed E-state index contributed by atoms with van der Waals surface area (Å²) in [5, 5.41) is 12.1. The van der Waals surface area contributed by atoms with Gasteiger partial charge in [-0.2, -0.15) is 0 Å². The van der Waals surface area contributed by atoms with Gasteiger partial charge in [-0.3, -0.25) is 0 Å². The van der Waals surface area contributed by atoms with E-state index in [1.54, 1.807) is 0 Å². The zero-order chi connectivity index (χ0) is 3.54. The van der Waals surface area contributed by atoms with Crippen LogP contribution >= 0.6 is 0 Å². The molecule has 0 saturated heterocycles. The predicted molar refractivity (Wildman–Crippen MR) is 17.0 cm³/mol. The molecule has 4 nitrogen and oxygen atoms in total. The maximum atomic E-state index is 3.31. The van der Waals surface area contributed by atoms with Crippen LogP contribution in [0.5, 0.6) is 0 Å². The van der Waals surface area contributed by atoms with Crippen molar-refractivity contribution in [1.29, 1.82) is 0 Å². The molecule has 1 radical (unpaired) electrons. The quantitative estimate of drug-likeness (QED) is 0.499. The van der Waals surface area contributed by atoms with Crippen molar-refractivity contribution in [3.63, 3.8) is 0 Å². The number of nitrogens with zero attached hydrogens (tertiary/aromatic N) is 3. The predicted octanol–water partition coefficient (Wildman–Crippen LogP) is -1.34. The molecule has 0 fully saturated rings. The van der Waals surface area contributed by atoms with Crippen molar-refractivity contribution < 1.29 is 83.9 Å². The van der Waals surface area contributed by atoms with Crippen molar-refractivity contribution >= 4 is 0 Å². The van der Waals surface area contributed by atoms with E-state index in [0.29, 0.717) is 0 Å². The summed E-state index contributed by atoms with van der Waals surface area (Å²) in [6, 6.07) is 0. The van der Waals surface area contributed by atoms with Crippen LogP contribution in [0.15, 0.2) is 6.33 Å². The van der Waals surface area contributed by atoms with Crippen LogP contribution in [0.1, 0.15) is 0 Å². The fourth-order valence-electron chi connectivity index (χ4n) is 0.129. The molecule has 0 bridgehead atoms. The average molecular weight is 450 g/mol. The van der Waals surface area contributed by atoms with E-state index in [4.69, 9.17) is 0 Å². The van der Waals surface area contributed by atoms with Gasteiger partial charge in [0.15, 0.2) is 0 Å². The molecule has 8 heavy (non-hydrogen) atoms. The molecule has 0 unspecified atom stereocenters. The van der Waals surface area contributed by atoms with E-state index in [0.717, 1.165) is 0 Å². The van der Waals surface area contributed by atoms with E-state index in [1.165, 1.54) is 6.33 Å². The van der Waals surface area contributed by atoms with Gasteiger partial charge >= 0.3 is 45.0 Å². The minimum absolute atomic E-state index is 0. The van der Waals surface area contributed by atoms with Gasteiger partial charge in [0.1, 0.15) is 6.33 Å². The third-order valence-electron chi connectivity index (χ3n) is 0.270. The Morgan fingerprint density at radius 3 is 2.12 bits per heavy atom. The second kappa shape index (κ2) is 11.6. The van der Waals surface area contributed by atoms with E-state index in [2.05, 4.69) is 20.6 Å². The van der Waals surface area contributed by atoms with E-state index >= 15 is 0 Å². The molecule has 0 amide bonds. The van der Waals surface area contributed by atoms with Crippen LogP contribution < -0.4 is 0 Å². The number of nitrogens with one attached hydrogen (secondary N) is 1. The fraction of sp³-hybridized carbons (Fsp3) is 0. The number of aromatic amines is 1. The van der Waals surface area contributed by atoms with E-state index < -0.39 is 0 Å². The van der Waals surface area contributed by atoms with Crippen molar-refractivity contribution in [2.24, 2.45) is 0 Å². The number of hydrogen-bond acceptors (Lipinski definition) is 3. The number of hydrogen-bond donors (Lipinski definition) is 1. The molecule has 1 heterocycles. The summed E-state index contributed by atoms with van der Waals surface area (Å²) in [5.74, 6) is 0. The van der Waals surface area contributed by atoms with Crippen molar-refractivity contribution in [2.45, 2.75) is 0 Å². The molecular weight excluding hydrogens is 446 g/mol. The molecular formula is CH4N4NbNiRa. The standard InChI is InChI=1S/CH2N4.Nb.Ni.Ra.2H/c1-2-4-5-3-1;;;;;/h1H,(H,2,3,4,5);;;;;. The van der Waals surface area contributed by atoms with Crippen molar-refractivity contribution in [3.8, 4) is 0 Å². The Balaban J connectivity index is -0.0000000833. The normalized spacial score (nSPS) is 5.00. The van der Waals surface area contributed by atoms with Gasteiger partial charge in [0.2, 0.25) is 0 Å². The first-order valence-electron chi connectivity index (χ1n) is 1.17. The number of tetrazole rings is 1. The molecule has 45 valence electrons. The van der Waals surface area contributed by atoms with Gasteiger partial charge in [-0.05, 0) is 10.4 Å². The Bertz CT molecular complexity index is 72.5. The van der Waals surface area contributed by atoms with Crippen molar-refractivity contribution in [1.82, 2.24) is 20.6 Å². The first-order chi connectivity index (χ1) is 2.50. The molecule has 0 aromatic carbocycles. The van der Waals surface area contributed by atoms with E-state index in [1.807, 2.05) is 0 Å². The Kier molecular flexibility index (Phi) is 23.7. The maximum Gasteiger partial charge on any atom is 0.135 e. The molecule has 0 aliphatic rings. The summed E-state index contributed by atoms with van der Waals surface area (Å²) in [7, 11) is 0. The minimum atomic E-state index is 0. The molecule has 0 aliphatic carbocycles. The van der Waals surface area contributed by atoms with Crippen LogP contribution in [0, 0.1) is 45.0 Å². The second-order valence-corrected chi connectivity index (χ2v) is 0.563. The van der Waals surface area contributed by atoms with Crippen LogP contribution in [0.3, 0.4) is 0 Å². The van der Waals surface area contributed by atoms with E-state index in [9.17, 15) is 0 Å². The molecule has 0 aliphatic heterocycles. The topological polar surface area (TPSA) is 54.5 Å². The first-order valence-corrected chi connectivity index (χ1v) is 1.17. The van der Waals surface area contributed by atoms with Gasteiger partial charge in [0.25, 0.3) is 0 Å². The van der Waals surface area contributed by atoms with Gasteiger partial charge in [0, 0.05) is 38.9 Å². The summed E-state index contributed by atoms with van der Waals surface area (Å²) in [6.07, 6.45) is 1.40. The third-order valence-corrected chi connectivity index (χ3v) is 0.270. The van der Waals surface area contributed by atoms with Crippen LogP contribution in [0.4, 0.5) is 0 Å². The molecule has 1 aromatic rings.